The van der Waals surface area contributed by atoms with E-state index in [1.165, 1.54) is 43.6 Å². The van der Waals surface area contributed by atoms with Gasteiger partial charge < -0.3 is 14.5 Å². The Hall–Kier alpha value is -1.48. The largest absolute Gasteiger partial charge is 0.378 e. The van der Waals surface area contributed by atoms with Crippen LogP contribution in [0.5, 0.6) is 0 Å². The van der Waals surface area contributed by atoms with Crippen molar-refractivity contribution < 1.29 is 4.74 Å². The molecule has 0 atom stereocenters. The van der Waals surface area contributed by atoms with E-state index in [4.69, 9.17) is 4.74 Å². The van der Waals surface area contributed by atoms with Gasteiger partial charge in [-0.05, 0) is 24.8 Å². The number of rotatable bonds is 3. The fraction of sp³-hybridized carbons (Fsp3) is 0.529. The first kappa shape index (κ1) is 13.5. The molecule has 2 saturated heterocycles. The molecule has 0 aromatic heterocycles. The Morgan fingerprint density at radius 2 is 1.60 bits per heavy atom. The van der Waals surface area contributed by atoms with Gasteiger partial charge in [0.15, 0.2) is 0 Å². The molecule has 2 aliphatic heterocycles. The summed E-state index contributed by atoms with van der Waals surface area (Å²) in [7, 11) is 0. The van der Waals surface area contributed by atoms with E-state index >= 15 is 0 Å². The Kier molecular flexibility index (Phi) is 4.59. The Labute approximate surface area is 121 Å². The monoisotopic (exact) mass is 272 g/mol. The highest BCUT2D eigenvalue weighted by atomic mass is 16.5. The molecule has 2 aliphatic rings. The summed E-state index contributed by atoms with van der Waals surface area (Å²) in [6.45, 7) is 6.05. The van der Waals surface area contributed by atoms with E-state index in [1.54, 1.807) is 0 Å². The summed E-state index contributed by atoms with van der Waals surface area (Å²) in [6, 6.07) is 10.8. The minimum Gasteiger partial charge on any atom is -0.378 e. The first-order valence-electron chi connectivity index (χ1n) is 7.77. The molecule has 0 spiro atoms. The van der Waals surface area contributed by atoms with Gasteiger partial charge in [-0.25, -0.2) is 0 Å². The van der Waals surface area contributed by atoms with E-state index in [1.807, 2.05) is 0 Å². The molecule has 0 unspecified atom stereocenters. The smallest absolute Gasteiger partial charge is 0.0642 e. The lowest BCUT2D eigenvalue weighted by Crippen LogP contribution is -2.36. The summed E-state index contributed by atoms with van der Waals surface area (Å²) < 4.78 is 5.49. The molecule has 3 nitrogen and oxygen atoms in total. The second-order valence-electron chi connectivity index (χ2n) is 5.58. The molecule has 20 heavy (non-hydrogen) atoms. The van der Waals surface area contributed by atoms with Crippen molar-refractivity contribution in [3.05, 3.63) is 42.1 Å². The van der Waals surface area contributed by atoms with Crippen LogP contribution < -0.4 is 0 Å². The summed E-state index contributed by atoms with van der Waals surface area (Å²) in [4.78, 5) is 4.95. The molecule has 0 N–H and O–H groups in total. The van der Waals surface area contributed by atoms with E-state index in [-0.39, 0.29) is 0 Å². The van der Waals surface area contributed by atoms with Gasteiger partial charge in [0.2, 0.25) is 0 Å². The van der Waals surface area contributed by atoms with Crippen LogP contribution >= 0.6 is 0 Å². The first-order chi connectivity index (χ1) is 9.93. The lowest BCUT2D eigenvalue weighted by atomic mass is 10.1. The Bertz CT molecular complexity index is 432. The molecule has 0 aliphatic carbocycles. The van der Waals surface area contributed by atoms with Gasteiger partial charge in [0.05, 0.1) is 18.9 Å². The molecule has 3 rings (SSSR count). The molecule has 0 saturated carbocycles. The molecular weight excluding hydrogens is 248 g/mol. The van der Waals surface area contributed by atoms with Crippen LogP contribution in [0, 0.1) is 0 Å². The molecule has 1 aromatic carbocycles. The van der Waals surface area contributed by atoms with E-state index in [0.717, 1.165) is 26.3 Å². The maximum atomic E-state index is 5.49. The zero-order valence-corrected chi connectivity index (χ0v) is 12.1. The SMILES string of the molecule is C(=C(/c1ccccc1)N1CCOCC1)/N1CCCCC1. The highest BCUT2D eigenvalue weighted by molar-refractivity contribution is 5.63. The molecular formula is C17H24N2O. The zero-order valence-electron chi connectivity index (χ0n) is 12.1. The second-order valence-corrected chi connectivity index (χ2v) is 5.58. The van der Waals surface area contributed by atoms with Crippen molar-refractivity contribution in [1.29, 1.82) is 0 Å². The third-order valence-electron chi connectivity index (χ3n) is 4.12. The summed E-state index contributed by atoms with van der Waals surface area (Å²) in [5, 5.41) is 0. The number of ether oxygens (including phenoxy) is 1. The summed E-state index contributed by atoms with van der Waals surface area (Å²) >= 11 is 0. The number of morpholine rings is 1. The van der Waals surface area contributed by atoms with Gasteiger partial charge in [0.1, 0.15) is 0 Å². The predicted octanol–water partition coefficient (Wildman–Crippen LogP) is 2.80. The fourth-order valence-electron chi connectivity index (χ4n) is 2.97. The third-order valence-corrected chi connectivity index (χ3v) is 4.12. The van der Waals surface area contributed by atoms with E-state index in [9.17, 15) is 0 Å². The van der Waals surface area contributed by atoms with Crippen LogP contribution in [0.25, 0.3) is 5.70 Å². The minimum atomic E-state index is 0.837. The van der Waals surface area contributed by atoms with Crippen molar-refractivity contribution in [3.8, 4) is 0 Å². The van der Waals surface area contributed by atoms with Crippen molar-refractivity contribution in [2.24, 2.45) is 0 Å². The first-order valence-corrected chi connectivity index (χ1v) is 7.77. The molecule has 108 valence electrons. The maximum Gasteiger partial charge on any atom is 0.0642 e. The van der Waals surface area contributed by atoms with E-state index in [2.05, 4.69) is 46.3 Å². The lowest BCUT2D eigenvalue weighted by molar-refractivity contribution is 0.0634. The lowest BCUT2D eigenvalue weighted by Gasteiger charge is -2.34. The van der Waals surface area contributed by atoms with Crippen LogP contribution in [0.2, 0.25) is 0 Å². The quantitative estimate of drug-likeness (QED) is 0.841. The van der Waals surface area contributed by atoms with Crippen LogP contribution in [-0.2, 0) is 4.74 Å². The van der Waals surface area contributed by atoms with Gasteiger partial charge >= 0.3 is 0 Å². The van der Waals surface area contributed by atoms with Crippen LogP contribution in [0.3, 0.4) is 0 Å². The van der Waals surface area contributed by atoms with Gasteiger partial charge in [-0.15, -0.1) is 0 Å². The number of nitrogens with zero attached hydrogens (tertiary/aromatic N) is 2. The molecule has 0 bridgehead atoms. The molecule has 0 amide bonds. The van der Waals surface area contributed by atoms with Gasteiger partial charge in [-0.3, -0.25) is 0 Å². The Morgan fingerprint density at radius 3 is 2.30 bits per heavy atom. The normalized spacial score (nSPS) is 21.1. The average Bonchev–Trinajstić information content (AvgIpc) is 2.55. The van der Waals surface area contributed by atoms with E-state index < -0.39 is 0 Å². The van der Waals surface area contributed by atoms with Crippen LogP contribution in [-0.4, -0.2) is 49.2 Å². The van der Waals surface area contributed by atoms with Crippen LogP contribution in [0.1, 0.15) is 24.8 Å². The van der Waals surface area contributed by atoms with Gasteiger partial charge in [0.25, 0.3) is 0 Å². The molecule has 0 radical (unpaired) electrons. The zero-order chi connectivity index (χ0) is 13.6. The standard InChI is InChI=1S/C17H24N2O/c1-3-7-16(8-4-1)17(19-11-13-20-14-12-19)15-18-9-5-2-6-10-18/h1,3-4,7-8,15H,2,5-6,9-14H2/b17-15+. The Morgan fingerprint density at radius 1 is 0.900 bits per heavy atom. The highest BCUT2D eigenvalue weighted by Crippen LogP contribution is 2.22. The predicted molar refractivity (Wildman–Crippen MR) is 82.2 cm³/mol. The van der Waals surface area contributed by atoms with Crippen LogP contribution in [0.4, 0.5) is 0 Å². The van der Waals surface area contributed by atoms with Gasteiger partial charge in [-0.1, -0.05) is 30.3 Å². The van der Waals surface area contributed by atoms with Crippen molar-refractivity contribution in [3.63, 3.8) is 0 Å². The average molecular weight is 272 g/mol. The van der Waals surface area contributed by atoms with Gasteiger partial charge in [-0.2, -0.15) is 0 Å². The molecule has 3 heteroatoms. The molecule has 2 fully saturated rings. The topological polar surface area (TPSA) is 15.7 Å². The van der Waals surface area contributed by atoms with Gasteiger partial charge in [0, 0.05) is 32.4 Å². The summed E-state index contributed by atoms with van der Waals surface area (Å²) in [6.07, 6.45) is 6.39. The van der Waals surface area contributed by atoms with Crippen molar-refractivity contribution >= 4 is 5.70 Å². The molecule has 1 aromatic rings. The number of likely N-dealkylation sites (tertiary alicyclic amines) is 1. The van der Waals surface area contributed by atoms with Crippen molar-refractivity contribution in [2.75, 3.05) is 39.4 Å². The number of benzene rings is 1. The second kappa shape index (κ2) is 6.80. The maximum absolute atomic E-state index is 5.49. The number of hydrogen-bond acceptors (Lipinski definition) is 3. The van der Waals surface area contributed by atoms with Crippen molar-refractivity contribution in [2.45, 2.75) is 19.3 Å². The molecule has 2 heterocycles. The van der Waals surface area contributed by atoms with Crippen LogP contribution in [0.15, 0.2) is 36.5 Å². The third kappa shape index (κ3) is 3.34. The highest BCUT2D eigenvalue weighted by Gasteiger charge is 2.17. The summed E-state index contributed by atoms with van der Waals surface area (Å²) in [5.41, 5.74) is 2.68. The van der Waals surface area contributed by atoms with Crippen molar-refractivity contribution in [1.82, 2.24) is 9.80 Å². The number of hydrogen-bond donors (Lipinski definition) is 0. The summed E-state index contributed by atoms with van der Waals surface area (Å²) in [5.74, 6) is 0. The minimum absolute atomic E-state index is 0.837. The van der Waals surface area contributed by atoms with E-state index in [0.29, 0.717) is 0 Å². The Balaban J connectivity index is 1.84. The number of piperidine rings is 1. The fourth-order valence-corrected chi connectivity index (χ4v) is 2.97.